The Bertz CT molecular complexity index is 1320. The third-order valence-electron chi connectivity index (χ3n) is 5.30. The van der Waals surface area contributed by atoms with Crippen molar-refractivity contribution in [3.63, 3.8) is 0 Å². The number of rotatable bonds is 5. The summed E-state index contributed by atoms with van der Waals surface area (Å²) in [5.41, 5.74) is 7.95. The number of anilines is 2. The topological polar surface area (TPSA) is 34.1 Å². The van der Waals surface area contributed by atoms with E-state index in [1.807, 2.05) is 30.3 Å². The van der Waals surface area contributed by atoms with Gasteiger partial charge in [0.2, 0.25) is 0 Å². The molecule has 0 aliphatic rings. The van der Waals surface area contributed by atoms with E-state index in [1.54, 1.807) is 18.4 Å². The van der Waals surface area contributed by atoms with Crippen LogP contribution in [0.2, 0.25) is 0 Å². The molecule has 1 aromatic heterocycles. The molecular formula is C27H22N2OS. The fourth-order valence-corrected chi connectivity index (χ4v) is 4.63. The first-order valence-electron chi connectivity index (χ1n) is 10.2. The van der Waals surface area contributed by atoms with E-state index in [2.05, 4.69) is 72.9 Å². The molecule has 0 saturated heterocycles. The van der Waals surface area contributed by atoms with Crippen molar-refractivity contribution < 1.29 is 4.74 Å². The number of methoxy groups -OCH3 is 1. The molecule has 0 unspecified atom stereocenters. The smallest absolute Gasteiger partial charge is 0.188 e. The van der Waals surface area contributed by atoms with Crippen molar-refractivity contribution in [2.45, 2.75) is 6.92 Å². The number of benzene rings is 4. The van der Waals surface area contributed by atoms with E-state index in [-0.39, 0.29) is 0 Å². The van der Waals surface area contributed by atoms with Gasteiger partial charge >= 0.3 is 0 Å². The Morgan fingerprint density at radius 1 is 0.774 bits per heavy atom. The van der Waals surface area contributed by atoms with Gasteiger partial charge in [0.1, 0.15) is 5.75 Å². The lowest BCUT2D eigenvalue weighted by Crippen LogP contribution is -1.88. The Morgan fingerprint density at radius 3 is 2.19 bits per heavy atom. The fraction of sp³-hybridized carbons (Fsp3) is 0.0741. The molecule has 0 aliphatic heterocycles. The molecule has 0 fully saturated rings. The maximum atomic E-state index is 5.32. The first kappa shape index (κ1) is 19.3. The quantitative estimate of drug-likeness (QED) is 0.315. The minimum atomic E-state index is 0.853. The minimum absolute atomic E-state index is 0.853. The lowest BCUT2D eigenvalue weighted by Gasteiger charge is -2.09. The van der Waals surface area contributed by atoms with Gasteiger partial charge in [-0.15, -0.1) is 0 Å². The molecule has 0 atom stereocenters. The number of ether oxygens (including phenoxy) is 1. The van der Waals surface area contributed by atoms with Crippen molar-refractivity contribution in [3.8, 4) is 28.0 Å². The highest BCUT2D eigenvalue weighted by molar-refractivity contribution is 7.22. The van der Waals surface area contributed by atoms with Crippen molar-refractivity contribution >= 4 is 32.4 Å². The van der Waals surface area contributed by atoms with Crippen molar-refractivity contribution in [1.29, 1.82) is 0 Å². The van der Waals surface area contributed by atoms with E-state index in [9.17, 15) is 0 Å². The van der Waals surface area contributed by atoms with Crippen LogP contribution in [0.15, 0.2) is 91.0 Å². The van der Waals surface area contributed by atoms with E-state index in [1.165, 1.54) is 21.4 Å². The standard InChI is InChI=1S/C27H22N2OS/c1-18-8-10-20(11-9-18)24-16-21(19-12-14-23(30-2)15-13-19)17-25-26(24)31-27(29-25)28-22-6-4-3-5-7-22/h3-17H,1-2H3,(H,28,29). The average molecular weight is 423 g/mol. The zero-order valence-corrected chi connectivity index (χ0v) is 18.2. The number of para-hydroxylation sites is 1. The average Bonchev–Trinajstić information content (AvgIpc) is 3.22. The Labute approximate surface area is 186 Å². The molecule has 5 rings (SSSR count). The third kappa shape index (κ3) is 4.03. The summed E-state index contributed by atoms with van der Waals surface area (Å²) in [6, 6.07) is 31.5. The van der Waals surface area contributed by atoms with Crippen LogP contribution in [0.3, 0.4) is 0 Å². The summed E-state index contributed by atoms with van der Waals surface area (Å²) in [5, 5.41) is 4.34. The van der Waals surface area contributed by atoms with Gasteiger partial charge < -0.3 is 10.1 Å². The van der Waals surface area contributed by atoms with E-state index in [0.29, 0.717) is 0 Å². The van der Waals surface area contributed by atoms with Gasteiger partial charge in [0.05, 0.1) is 17.3 Å². The highest BCUT2D eigenvalue weighted by atomic mass is 32.1. The Balaban J connectivity index is 1.65. The molecule has 5 aromatic rings. The van der Waals surface area contributed by atoms with Gasteiger partial charge in [0, 0.05) is 11.3 Å². The number of fused-ring (bicyclic) bond motifs is 1. The molecule has 152 valence electrons. The SMILES string of the molecule is COc1ccc(-c2cc(-c3ccc(C)cc3)c3sc(Nc4ccccc4)nc3c2)cc1. The van der Waals surface area contributed by atoms with Gasteiger partial charge in [-0.25, -0.2) is 4.98 Å². The molecule has 3 nitrogen and oxygen atoms in total. The highest BCUT2D eigenvalue weighted by Gasteiger charge is 2.13. The van der Waals surface area contributed by atoms with E-state index < -0.39 is 0 Å². The second-order valence-corrected chi connectivity index (χ2v) is 8.48. The van der Waals surface area contributed by atoms with Crippen molar-refractivity contribution in [2.75, 3.05) is 12.4 Å². The van der Waals surface area contributed by atoms with E-state index >= 15 is 0 Å². The lowest BCUT2D eigenvalue weighted by molar-refractivity contribution is 0.415. The Kier molecular flexibility index (Phi) is 5.14. The summed E-state index contributed by atoms with van der Waals surface area (Å²) in [4.78, 5) is 4.91. The normalized spacial score (nSPS) is 10.9. The molecule has 0 bridgehead atoms. The van der Waals surface area contributed by atoms with Crippen LogP contribution in [0.25, 0.3) is 32.5 Å². The molecule has 0 aliphatic carbocycles. The van der Waals surface area contributed by atoms with Crippen LogP contribution in [0.4, 0.5) is 10.8 Å². The first-order chi connectivity index (χ1) is 15.2. The molecule has 4 aromatic carbocycles. The zero-order chi connectivity index (χ0) is 21.2. The molecule has 0 radical (unpaired) electrons. The molecule has 1 heterocycles. The Hall–Kier alpha value is -3.63. The van der Waals surface area contributed by atoms with Crippen LogP contribution < -0.4 is 10.1 Å². The maximum absolute atomic E-state index is 5.32. The number of nitrogens with zero attached hydrogens (tertiary/aromatic N) is 1. The molecule has 4 heteroatoms. The summed E-state index contributed by atoms with van der Waals surface area (Å²) in [6.45, 7) is 2.11. The van der Waals surface area contributed by atoms with Crippen LogP contribution in [0.1, 0.15) is 5.56 Å². The second-order valence-electron chi connectivity index (χ2n) is 7.48. The zero-order valence-electron chi connectivity index (χ0n) is 17.4. The number of aryl methyl sites for hydroxylation is 1. The predicted octanol–water partition coefficient (Wildman–Crippen LogP) is 7.69. The monoisotopic (exact) mass is 422 g/mol. The molecule has 31 heavy (non-hydrogen) atoms. The largest absolute Gasteiger partial charge is 0.497 e. The molecular weight excluding hydrogens is 400 g/mol. The number of thiazole rings is 1. The number of hydrogen-bond acceptors (Lipinski definition) is 4. The van der Waals surface area contributed by atoms with Crippen molar-refractivity contribution in [1.82, 2.24) is 4.98 Å². The molecule has 0 spiro atoms. The predicted molar refractivity (Wildman–Crippen MR) is 132 cm³/mol. The molecule has 0 amide bonds. The van der Waals surface area contributed by atoms with Gasteiger partial charge in [-0.2, -0.15) is 0 Å². The minimum Gasteiger partial charge on any atom is -0.497 e. The van der Waals surface area contributed by atoms with Gasteiger partial charge in [-0.05, 0) is 60.0 Å². The number of aromatic nitrogens is 1. The first-order valence-corrected chi connectivity index (χ1v) is 11.0. The summed E-state index contributed by atoms with van der Waals surface area (Å²) < 4.78 is 6.50. The fourth-order valence-electron chi connectivity index (χ4n) is 3.63. The van der Waals surface area contributed by atoms with Crippen LogP contribution in [-0.2, 0) is 0 Å². The third-order valence-corrected chi connectivity index (χ3v) is 6.32. The van der Waals surface area contributed by atoms with Crippen molar-refractivity contribution in [3.05, 3.63) is 96.6 Å². The van der Waals surface area contributed by atoms with Gasteiger partial charge in [0.15, 0.2) is 5.13 Å². The van der Waals surface area contributed by atoms with Gasteiger partial charge in [-0.3, -0.25) is 0 Å². The summed E-state index contributed by atoms with van der Waals surface area (Å²) in [7, 11) is 1.69. The van der Waals surface area contributed by atoms with E-state index in [0.717, 1.165) is 33.2 Å². The Morgan fingerprint density at radius 2 is 1.48 bits per heavy atom. The second kappa shape index (κ2) is 8.25. The maximum Gasteiger partial charge on any atom is 0.188 e. The van der Waals surface area contributed by atoms with Crippen LogP contribution in [0, 0.1) is 6.92 Å². The van der Waals surface area contributed by atoms with E-state index in [4.69, 9.17) is 9.72 Å². The summed E-state index contributed by atoms with van der Waals surface area (Å²) in [5.74, 6) is 0.853. The summed E-state index contributed by atoms with van der Waals surface area (Å²) >= 11 is 1.69. The van der Waals surface area contributed by atoms with Crippen LogP contribution in [-0.4, -0.2) is 12.1 Å². The lowest BCUT2D eigenvalue weighted by atomic mass is 9.98. The van der Waals surface area contributed by atoms with Gasteiger partial charge in [0.25, 0.3) is 0 Å². The van der Waals surface area contributed by atoms with Crippen LogP contribution in [0.5, 0.6) is 5.75 Å². The highest BCUT2D eigenvalue weighted by Crippen LogP contribution is 2.39. The molecule has 1 N–H and O–H groups in total. The summed E-state index contributed by atoms with van der Waals surface area (Å²) in [6.07, 6.45) is 0. The molecule has 0 saturated carbocycles. The number of hydrogen-bond donors (Lipinski definition) is 1. The van der Waals surface area contributed by atoms with Gasteiger partial charge in [-0.1, -0.05) is 71.5 Å². The number of nitrogens with one attached hydrogen (secondary N) is 1. The van der Waals surface area contributed by atoms with Crippen molar-refractivity contribution in [2.24, 2.45) is 0 Å². The van der Waals surface area contributed by atoms with Crippen LogP contribution >= 0.6 is 11.3 Å².